The minimum Gasteiger partial charge on any atom is -0.460 e. The molecule has 0 bridgehead atoms. The summed E-state index contributed by atoms with van der Waals surface area (Å²) >= 11 is 0. The molecule has 1 heterocycles. The maximum Gasteiger partial charge on any atom is 0.134 e. The fourth-order valence-corrected chi connectivity index (χ4v) is 2.80. The summed E-state index contributed by atoms with van der Waals surface area (Å²) in [5.74, 6) is 2.01. The van der Waals surface area contributed by atoms with Gasteiger partial charge in [0.1, 0.15) is 11.5 Å². The first-order valence-corrected chi connectivity index (χ1v) is 6.73. The first kappa shape index (κ1) is 11.5. The monoisotopic (exact) mass is 241 g/mol. The average molecular weight is 241 g/mol. The molecule has 1 aromatic carbocycles. The van der Waals surface area contributed by atoms with Crippen LogP contribution in [0.4, 0.5) is 0 Å². The minimum absolute atomic E-state index is 0.787. The van der Waals surface area contributed by atoms with Crippen LogP contribution in [-0.2, 0) is 19.4 Å². The van der Waals surface area contributed by atoms with Crippen molar-refractivity contribution < 1.29 is 4.42 Å². The Morgan fingerprint density at radius 1 is 1.11 bits per heavy atom. The number of fused-ring (bicyclic) bond motifs is 1. The second-order valence-corrected chi connectivity index (χ2v) is 4.95. The molecule has 0 atom stereocenters. The van der Waals surface area contributed by atoms with Gasteiger partial charge in [0.25, 0.3) is 0 Å². The van der Waals surface area contributed by atoms with Gasteiger partial charge in [0.05, 0.1) is 6.54 Å². The topological polar surface area (TPSA) is 25.2 Å². The molecule has 0 spiro atoms. The van der Waals surface area contributed by atoms with Gasteiger partial charge < -0.3 is 9.73 Å². The van der Waals surface area contributed by atoms with Crippen LogP contribution in [0, 0.1) is 0 Å². The summed E-state index contributed by atoms with van der Waals surface area (Å²) in [7, 11) is 1.94. The molecule has 1 aliphatic rings. The zero-order chi connectivity index (χ0) is 12.4. The van der Waals surface area contributed by atoms with Crippen molar-refractivity contribution in [1.29, 1.82) is 0 Å². The number of hydrogen-bond donors (Lipinski definition) is 1. The van der Waals surface area contributed by atoms with Crippen molar-refractivity contribution in [2.45, 2.75) is 32.2 Å². The van der Waals surface area contributed by atoms with E-state index in [1.165, 1.54) is 42.4 Å². The molecule has 1 aromatic heterocycles. The van der Waals surface area contributed by atoms with Crippen LogP contribution in [0.2, 0.25) is 0 Å². The molecule has 0 aliphatic heterocycles. The lowest BCUT2D eigenvalue weighted by Crippen LogP contribution is -2.04. The lowest BCUT2D eigenvalue weighted by atomic mass is 9.87. The Balaban J connectivity index is 2.00. The summed E-state index contributed by atoms with van der Waals surface area (Å²) in [6.45, 7) is 0.787. The van der Waals surface area contributed by atoms with E-state index in [1.807, 2.05) is 7.05 Å². The zero-order valence-corrected chi connectivity index (χ0v) is 10.8. The molecular weight excluding hydrogens is 222 g/mol. The van der Waals surface area contributed by atoms with E-state index in [9.17, 15) is 0 Å². The number of furan rings is 1. The van der Waals surface area contributed by atoms with Crippen molar-refractivity contribution in [3.05, 3.63) is 47.2 Å². The molecule has 0 saturated carbocycles. The Hall–Kier alpha value is -1.54. The maximum absolute atomic E-state index is 5.91. The molecule has 2 heteroatoms. The minimum atomic E-state index is 0.787. The maximum atomic E-state index is 5.91. The highest BCUT2D eigenvalue weighted by atomic mass is 16.3. The second kappa shape index (κ2) is 4.99. The quantitative estimate of drug-likeness (QED) is 0.889. The molecule has 94 valence electrons. The molecular formula is C16H19NO. The zero-order valence-electron chi connectivity index (χ0n) is 10.8. The van der Waals surface area contributed by atoms with Gasteiger partial charge in [-0.3, -0.25) is 0 Å². The van der Waals surface area contributed by atoms with Gasteiger partial charge in [-0.15, -0.1) is 0 Å². The van der Waals surface area contributed by atoms with Crippen molar-refractivity contribution in [1.82, 2.24) is 5.32 Å². The normalized spacial score (nSPS) is 14.5. The highest BCUT2D eigenvalue weighted by Gasteiger charge is 2.15. The lowest BCUT2D eigenvalue weighted by molar-refractivity contribution is 0.506. The fraction of sp³-hybridized carbons (Fsp3) is 0.375. The molecule has 0 radical (unpaired) electrons. The van der Waals surface area contributed by atoms with E-state index in [0.29, 0.717) is 0 Å². The SMILES string of the molecule is CNCc1ccc(-c2cccc3c2CCCC3)o1. The van der Waals surface area contributed by atoms with Crippen LogP contribution >= 0.6 is 0 Å². The van der Waals surface area contributed by atoms with E-state index in [2.05, 4.69) is 35.6 Å². The van der Waals surface area contributed by atoms with Crippen molar-refractivity contribution in [3.63, 3.8) is 0 Å². The Morgan fingerprint density at radius 3 is 2.89 bits per heavy atom. The van der Waals surface area contributed by atoms with Crippen molar-refractivity contribution in [3.8, 4) is 11.3 Å². The van der Waals surface area contributed by atoms with E-state index in [4.69, 9.17) is 4.42 Å². The van der Waals surface area contributed by atoms with Gasteiger partial charge in [0, 0.05) is 5.56 Å². The average Bonchev–Trinajstić information content (AvgIpc) is 2.87. The van der Waals surface area contributed by atoms with E-state index in [-0.39, 0.29) is 0 Å². The van der Waals surface area contributed by atoms with E-state index < -0.39 is 0 Å². The lowest BCUT2D eigenvalue weighted by Gasteiger charge is -2.18. The highest BCUT2D eigenvalue weighted by Crippen LogP contribution is 2.32. The summed E-state index contributed by atoms with van der Waals surface area (Å²) in [4.78, 5) is 0. The van der Waals surface area contributed by atoms with E-state index in [1.54, 1.807) is 0 Å². The Kier molecular flexibility index (Phi) is 3.20. The first-order chi connectivity index (χ1) is 8.88. The van der Waals surface area contributed by atoms with Gasteiger partial charge in [-0.25, -0.2) is 0 Å². The van der Waals surface area contributed by atoms with Crippen LogP contribution in [0.3, 0.4) is 0 Å². The molecule has 2 aromatic rings. The first-order valence-electron chi connectivity index (χ1n) is 6.73. The summed E-state index contributed by atoms with van der Waals surface area (Å²) in [6, 6.07) is 10.8. The second-order valence-electron chi connectivity index (χ2n) is 4.95. The summed E-state index contributed by atoms with van der Waals surface area (Å²) in [5.41, 5.74) is 4.29. The van der Waals surface area contributed by atoms with Gasteiger partial charge in [0.15, 0.2) is 0 Å². The molecule has 3 rings (SSSR count). The smallest absolute Gasteiger partial charge is 0.134 e. The van der Waals surface area contributed by atoms with Gasteiger partial charge >= 0.3 is 0 Å². The van der Waals surface area contributed by atoms with Crippen molar-refractivity contribution >= 4 is 0 Å². The number of nitrogens with one attached hydrogen (secondary N) is 1. The summed E-state index contributed by atoms with van der Waals surface area (Å²) < 4.78 is 5.91. The van der Waals surface area contributed by atoms with E-state index in [0.717, 1.165) is 18.1 Å². The number of benzene rings is 1. The van der Waals surface area contributed by atoms with Crippen LogP contribution in [-0.4, -0.2) is 7.05 Å². The van der Waals surface area contributed by atoms with Gasteiger partial charge in [0.2, 0.25) is 0 Å². The standard InChI is InChI=1S/C16H19NO/c1-17-11-13-9-10-16(18-13)15-8-4-6-12-5-2-3-7-14(12)15/h4,6,8-10,17H,2-3,5,7,11H2,1H3. The van der Waals surface area contributed by atoms with Gasteiger partial charge in [-0.05, 0) is 56.0 Å². The van der Waals surface area contributed by atoms with Crippen LogP contribution in [0.15, 0.2) is 34.7 Å². The molecule has 1 N–H and O–H groups in total. The number of hydrogen-bond acceptors (Lipinski definition) is 2. The summed E-state index contributed by atoms with van der Waals surface area (Å²) in [6.07, 6.45) is 5.02. The number of aryl methyl sites for hydroxylation is 1. The molecule has 2 nitrogen and oxygen atoms in total. The predicted molar refractivity (Wildman–Crippen MR) is 73.5 cm³/mol. The molecule has 1 aliphatic carbocycles. The van der Waals surface area contributed by atoms with Crippen LogP contribution < -0.4 is 5.32 Å². The molecule has 0 unspecified atom stereocenters. The van der Waals surface area contributed by atoms with E-state index >= 15 is 0 Å². The molecule has 0 saturated heterocycles. The van der Waals surface area contributed by atoms with Crippen LogP contribution in [0.5, 0.6) is 0 Å². The Labute approximate surface area is 108 Å². The van der Waals surface area contributed by atoms with Crippen LogP contribution in [0.1, 0.15) is 29.7 Å². The Morgan fingerprint density at radius 2 is 2.00 bits per heavy atom. The third-order valence-corrected chi connectivity index (χ3v) is 3.67. The third kappa shape index (κ3) is 2.08. The fourth-order valence-electron chi connectivity index (χ4n) is 2.80. The number of rotatable bonds is 3. The molecule has 18 heavy (non-hydrogen) atoms. The third-order valence-electron chi connectivity index (χ3n) is 3.67. The van der Waals surface area contributed by atoms with Crippen molar-refractivity contribution in [2.24, 2.45) is 0 Å². The highest BCUT2D eigenvalue weighted by molar-refractivity contribution is 5.64. The molecule has 0 fully saturated rings. The van der Waals surface area contributed by atoms with Gasteiger partial charge in [-0.1, -0.05) is 18.2 Å². The van der Waals surface area contributed by atoms with Crippen molar-refractivity contribution in [2.75, 3.05) is 7.05 Å². The Bertz CT molecular complexity index is 542. The van der Waals surface area contributed by atoms with Crippen LogP contribution in [0.25, 0.3) is 11.3 Å². The summed E-state index contributed by atoms with van der Waals surface area (Å²) in [5, 5.41) is 3.12. The largest absolute Gasteiger partial charge is 0.460 e. The predicted octanol–water partition coefficient (Wildman–Crippen LogP) is 3.54. The van der Waals surface area contributed by atoms with Gasteiger partial charge in [-0.2, -0.15) is 0 Å². The molecule has 0 amide bonds.